The Morgan fingerprint density at radius 1 is 1.35 bits per heavy atom. The third-order valence-corrected chi connectivity index (χ3v) is 4.16. The SMILES string of the molecule is CCCc1cc(OCc2ccc(Cl)cc2)c(C(=O)O)s1. The summed E-state index contributed by atoms with van der Waals surface area (Å²) in [4.78, 5) is 12.5. The maximum absolute atomic E-state index is 11.2. The molecule has 0 aliphatic heterocycles. The first-order chi connectivity index (χ1) is 9.60. The van der Waals surface area contributed by atoms with E-state index in [0.717, 1.165) is 23.3 Å². The van der Waals surface area contributed by atoms with Gasteiger partial charge in [0.05, 0.1) is 0 Å². The number of benzene rings is 1. The third-order valence-electron chi connectivity index (χ3n) is 2.75. The van der Waals surface area contributed by atoms with E-state index in [2.05, 4.69) is 6.92 Å². The molecule has 1 N–H and O–H groups in total. The number of halogens is 1. The van der Waals surface area contributed by atoms with E-state index in [1.807, 2.05) is 18.2 Å². The molecule has 0 fully saturated rings. The summed E-state index contributed by atoms with van der Waals surface area (Å²) in [5, 5.41) is 9.86. The fraction of sp³-hybridized carbons (Fsp3) is 0.267. The van der Waals surface area contributed by atoms with Crippen LogP contribution in [0.5, 0.6) is 5.75 Å². The smallest absolute Gasteiger partial charge is 0.349 e. The van der Waals surface area contributed by atoms with Crippen LogP contribution in [0, 0.1) is 0 Å². The Labute approximate surface area is 126 Å². The van der Waals surface area contributed by atoms with Crippen molar-refractivity contribution in [2.24, 2.45) is 0 Å². The quantitative estimate of drug-likeness (QED) is 0.846. The normalized spacial score (nSPS) is 10.5. The number of hydrogen-bond donors (Lipinski definition) is 1. The van der Waals surface area contributed by atoms with Gasteiger partial charge in [0.15, 0.2) is 4.88 Å². The second-order valence-electron chi connectivity index (χ2n) is 4.38. The molecule has 3 nitrogen and oxygen atoms in total. The highest BCUT2D eigenvalue weighted by Crippen LogP contribution is 2.31. The number of ether oxygens (including phenoxy) is 1. The zero-order chi connectivity index (χ0) is 14.5. The molecule has 5 heteroatoms. The molecule has 0 saturated carbocycles. The average Bonchev–Trinajstić information content (AvgIpc) is 2.82. The van der Waals surface area contributed by atoms with Crippen molar-refractivity contribution >= 4 is 28.9 Å². The van der Waals surface area contributed by atoms with Crippen molar-refractivity contribution < 1.29 is 14.6 Å². The van der Waals surface area contributed by atoms with Gasteiger partial charge in [-0.25, -0.2) is 4.79 Å². The highest BCUT2D eigenvalue weighted by atomic mass is 35.5. The molecule has 0 bridgehead atoms. The lowest BCUT2D eigenvalue weighted by atomic mass is 10.2. The van der Waals surface area contributed by atoms with E-state index in [9.17, 15) is 9.90 Å². The summed E-state index contributed by atoms with van der Waals surface area (Å²) >= 11 is 7.10. The number of thiophene rings is 1. The molecule has 20 heavy (non-hydrogen) atoms. The van der Waals surface area contributed by atoms with Gasteiger partial charge in [-0.15, -0.1) is 11.3 Å². The summed E-state index contributed by atoms with van der Waals surface area (Å²) in [6, 6.07) is 9.13. The predicted molar refractivity (Wildman–Crippen MR) is 81.1 cm³/mol. The van der Waals surface area contributed by atoms with E-state index in [0.29, 0.717) is 17.4 Å². The molecule has 0 atom stereocenters. The van der Waals surface area contributed by atoms with Crippen LogP contribution in [-0.4, -0.2) is 11.1 Å². The Kier molecular flexibility index (Phi) is 5.04. The summed E-state index contributed by atoms with van der Waals surface area (Å²) in [6.07, 6.45) is 1.85. The van der Waals surface area contributed by atoms with Crippen LogP contribution in [0.1, 0.15) is 33.5 Å². The van der Waals surface area contributed by atoms with Gasteiger partial charge in [0.1, 0.15) is 12.4 Å². The predicted octanol–water partition coefficient (Wildman–Crippen LogP) is 4.63. The number of carbonyl (C=O) groups is 1. The highest BCUT2D eigenvalue weighted by molar-refractivity contribution is 7.14. The van der Waals surface area contributed by atoms with Gasteiger partial charge in [-0.2, -0.15) is 0 Å². The summed E-state index contributed by atoms with van der Waals surface area (Å²) in [5.74, 6) is -0.496. The van der Waals surface area contributed by atoms with Crippen LogP contribution in [0.15, 0.2) is 30.3 Å². The molecule has 0 unspecified atom stereocenters. The Hall–Kier alpha value is -1.52. The van der Waals surface area contributed by atoms with Crippen molar-refractivity contribution in [3.05, 3.63) is 50.7 Å². The van der Waals surface area contributed by atoms with Crippen molar-refractivity contribution in [1.29, 1.82) is 0 Å². The monoisotopic (exact) mass is 310 g/mol. The third kappa shape index (κ3) is 3.74. The van der Waals surface area contributed by atoms with E-state index in [4.69, 9.17) is 16.3 Å². The van der Waals surface area contributed by atoms with E-state index in [-0.39, 0.29) is 4.88 Å². The van der Waals surface area contributed by atoms with E-state index >= 15 is 0 Å². The summed E-state index contributed by atoms with van der Waals surface area (Å²) < 4.78 is 5.64. The first kappa shape index (κ1) is 14.9. The second-order valence-corrected chi connectivity index (χ2v) is 5.95. The average molecular weight is 311 g/mol. The standard InChI is InChI=1S/C15H15ClO3S/c1-2-3-12-8-13(14(20-12)15(17)18)19-9-10-4-6-11(16)7-5-10/h4-8H,2-3,9H2,1H3,(H,17,18). The molecule has 2 rings (SSSR count). The first-order valence-electron chi connectivity index (χ1n) is 6.33. The zero-order valence-electron chi connectivity index (χ0n) is 11.1. The minimum atomic E-state index is -0.941. The van der Waals surface area contributed by atoms with Gasteiger partial charge in [0.2, 0.25) is 0 Å². The molecular formula is C15H15ClO3S. The van der Waals surface area contributed by atoms with Gasteiger partial charge in [-0.05, 0) is 30.2 Å². The van der Waals surface area contributed by atoms with Gasteiger partial charge in [0, 0.05) is 9.90 Å². The zero-order valence-corrected chi connectivity index (χ0v) is 12.6. The van der Waals surface area contributed by atoms with Crippen LogP contribution >= 0.6 is 22.9 Å². The molecular weight excluding hydrogens is 296 g/mol. The van der Waals surface area contributed by atoms with Crippen LogP contribution in [0.3, 0.4) is 0 Å². The Bertz CT molecular complexity index is 590. The van der Waals surface area contributed by atoms with Crippen molar-refractivity contribution in [3.8, 4) is 5.75 Å². The summed E-state index contributed by atoms with van der Waals surface area (Å²) in [5.41, 5.74) is 0.953. The minimum absolute atomic E-state index is 0.266. The molecule has 1 aromatic carbocycles. The Morgan fingerprint density at radius 3 is 2.65 bits per heavy atom. The number of aromatic carboxylic acids is 1. The van der Waals surface area contributed by atoms with Crippen molar-refractivity contribution in [1.82, 2.24) is 0 Å². The molecule has 1 aromatic heterocycles. The maximum Gasteiger partial charge on any atom is 0.349 e. The fourth-order valence-corrected chi connectivity index (χ4v) is 2.96. The van der Waals surface area contributed by atoms with Gasteiger partial charge < -0.3 is 9.84 Å². The van der Waals surface area contributed by atoms with Crippen LogP contribution < -0.4 is 4.74 Å². The lowest BCUT2D eigenvalue weighted by Gasteiger charge is -2.05. The maximum atomic E-state index is 11.2. The van der Waals surface area contributed by atoms with Crippen LogP contribution in [0.25, 0.3) is 0 Å². The number of rotatable bonds is 6. The lowest BCUT2D eigenvalue weighted by molar-refractivity contribution is 0.0697. The highest BCUT2D eigenvalue weighted by Gasteiger charge is 2.16. The molecule has 0 amide bonds. The van der Waals surface area contributed by atoms with Crippen LogP contribution in [0.4, 0.5) is 0 Å². The van der Waals surface area contributed by atoms with E-state index in [1.165, 1.54) is 11.3 Å². The van der Waals surface area contributed by atoms with Crippen LogP contribution in [-0.2, 0) is 13.0 Å². The Morgan fingerprint density at radius 2 is 2.05 bits per heavy atom. The van der Waals surface area contributed by atoms with Crippen LogP contribution in [0.2, 0.25) is 5.02 Å². The van der Waals surface area contributed by atoms with Crippen molar-refractivity contribution in [2.75, 3.05) is 0 Å². The van der Waals surface area contributed by atoms with Gasteiger partial charge in [-0.1, -0.05) is 37.1 Å². The van der Waals surface area contributed by atoms with Crippen molar-refractivity contribution in [3.63, 3.8) is 0 Å². The second kappa shape index (κ2) is 6.77. The molecule has 0 spiro atoms. The first-order valence-corrected chi connectivity index (χ1v) is 7.53. The number of carboxylic acid groups (broad SMARTS) is 1. The molecule has 106 valence electrons. The van der Waals surface area contributed by atoms with E-state index < -0.39 is 5.97 Å². The fourth-order valence-electron chi connectivity index (χ4n) is 1.79. The van der Waals surface area contributed by atoms with Gasteiger partial charge >= 0.3 is 5.97 Å². The topological polar surface area (TPSA) is 46.5 Å². The summed E-state index contributed by atoms with van der Waals surface area (Å²) in [6.45, 7) is 2.40. The lowest BCUT2D eigenvalue weighted by Crippen LogP contribution is -1.99. The molecule has 0 aliphatic rings. The summed E-state index contributed by atoms with van der Waals surface area (Å²) in [7, 11) is 0. The minimum Gasteiger partial charge on any atom is -0.487 e. The molecule has 0 radical (unpaired) electrons. The van der Waals surface area contributed by atoms with Crippen molar-refractivity contribution in [2.45, 2.75) is 26.4 Å². The molecule has 1 heterocycles. The Balaban J connectivity index is 2.11. The largest absolute Gasteiger partial charge is 0.487 e. The molecule has 0 aliphatic carbocycles. The number of hydrogen-bond acceptors (Lipinski definition) is 3. The van der Waals surface area contributed by atoms with Gasteiger partial charge in [0.25, 0.3) is 0 Å². The number of carboxylic acids is 1. The number of aryl methyl sites for hydroxylation is 1. The molecule has 2 aromatic rings. The van der Waals surface area contributed by atoms with Gasteiger partial charge in [-0.3, -0.25) is 0 Å². The molecule has 0 saturated heterocycles. The van der Waals surface area contributed by atoms with E-state index in [1.54, 1.807) is 12.1 Å².